The average Bonchev–Trinajstić information content (AvgIpc) is 3.30. The second-order valence-corrected chi connectivity index (χ2v) is 5.55. The van der Waals surface area contributed by atoms with E-state index in [0.29, 0.717) is 24.5 Å². The number of benzene rings is 1. The molecule has 0 aliphatic rings. The second kappa shape index (κ2) is 8.01. The number of furan rings is 1. The van der Waals surface area contributed by atoms with Gasteiger partial charge >= 0.3 is 0 Å². The summed E-state index contributed by atoms with van der Waals surface area (Å²) >= 11 is 0. The molecule has 6 heteroatoms. The van der Waals surface area contributed by atoms with Crippen molar-refractivity contribution >= 4 is 11.8 Å². The van der Waals surface area contributed by atoms with E-state index < -0.39 is 0 Å². The van der Waals surface area contributed by atoms with E-state index in [0.717, 1.165) is 5.56 Å². The molecule has 2 aromatic heterocycles. The molecule has 0 unspecified atom stereocenters. The van der Waals surface area contributed by atoms with Crippen LogP contribution in [0.5, 0.6) is 0 Å². The van der Waals surface area contributed by atoms with Crippen molar-refractivity contribution in [3.05, 3.63) is 84.1 Å². The summed E-state index contributed by atoms with van der Waals surface area (Å²) in [7, 11) is 0. The van der Waals surface area contributed by atoms with Crippen LogP contribution >= 0.6 is 0 Å². The van der Waals surface area contributed by atoms with Gasteiger partial charge in [-0.05, 0) is 29.8 Å². The standard InChI is InChI=1S/C19H19N3O3/c23-18(20-12-16-8-5-11-25-16)13-21-19(24)17-9-4-10-22(17)14-15-6-2-1-3-7-15/h1-11H,12-14H2,(H,20,23)(H,21,24). The minimum absolute atomic E-state index is 0.0872. The molecule has 25 heavy (non-hydrogen) atoms. The largest absolute Gasteiger partial charge is 0.467 e. The Kier molecular flexibility index (Phi) is 5.31. The number of nitrogens with zero attached hydrogens (tertiary/aromatic N) is 1. The molecule has 2 heterocycles. The van der Waals surface area contributed by atoms with Gasteiger partial charge in [-0.25, -0.2) is 0 Å². The molecule has 0 spiro atoms. The van der Waals surface area contributed by atoms with Gasteiger partial charge in [0.2, 0.25) is 5.91 Å². The molecular weight excluding hydrogens is 318 g/mol. The Morgan fingerprint density at radius 3 is 2.56 bits per heavy atom. The van der Waals surface area contributed by atoms with E-state index in [9.17, 15) is 9.59 Å². The normalized spacial score (nSPS) is 10.4. The predicted molar refractivity (Wildman–Crippen MR) is 92.9 cm³/mol. The fourth-order valence-electron chi connectivity index (χ4n) is 2.45. The zero-order valence-corrected chi connectivity index (χ0v) is 13.6. The first kappa shape index (κ1) is 16.6. The average molecular weight is 337 g/mol. The minimum atomic E-state index is -0.283. The molecule has 0 radical (unpaired) electrons. The molecule has 0 saturated heterocycles. The van der Waals surface area contributed by atoms with E-state index in [-0.39, 0.29) is 18.4 Å². The SMILES string of the molecule is O=C(CNC(=O)c1cccn1Cc1ccccc1)NCc1ccco1. The van der Waals surface area contributed by atoms with Gasteiger partial charge < -0.3 is 19.6 Å². The van der Waals surface area contributed by atoms with Crippen LogP contribution in [-0.2, 0) is 17.9 Å². The number of carbonyl (C=O) groups is 2. The van der Waals surface area contributed by atoms with Crippen LogP contribution in [0.4, 0.5) is 0 Å². The monoisotopic (exact) mass is 337 g/mol. The van der Waals surface area contributed by atoms with Crippen molar-refractivity contribution in [2.75, 3.05) is 6.54 Å². The molecule has 0 aliphatic heterocycles. The summed E-state index contributed by atoms with van der Waals surface area (Å²) in [5.74, 6) is 0.108. The molecule has 128 valence electrons. The first-order valence-electron chi connectivity index (χ1n) is 7.99. The number of carbonyl (C=O) groups excluding carboxylic acids is 2. The smallest absolute Gasteiger partial charge is 0.268 e. The van der Waals surface area contributed by atoms with Crippen molar-refractivity contribution in [1.82, 2.24) is 15.2 Å². The number of aromatic nitrogens is 1. The highest BCUT2D eigenvalue weighted by Gasteiger charge is 2.12. The molecule has 0 fully saturated rings. The van der Waals surface area contributed by atoms with Gasteiger partial charge in [-0.15, -0.1) is 0 Å². The van der Waals surface area contributed by atoms with Crippen LogP contribution in [0.2, 0.25) is 0 Å². The lowest BCUT2D eigenvalue weighted by molar-refractivity contribution is -0.120. The Labute approximate surface area is 145 Å². The van der Waals surface area contributed by atoms with Crippen molar-refractivity contribution in [3.8, 4) is 0 Å². The van der Waals surface area contributed by atoms with Gasteiger partial charge in [-0.2, -0.15) is 0 Å². The van der Waals surface area contributed by atoms with Crippen molar-refractivity contribution in [3.63, 3.8) is 0 Å². The van der Waals surface area contributed by atoms with E-state index in [1.165, 1.54) is 0 Å². The van der Waals surface area contributed by atoms with Crippen LogP contribution in [0.3, 0.4) is 0 Å². The number of rotatable bonds is 7. The Balaban J connectivity index is 1.51. The Bertz CT molecular complexity index is 823. The highest BCUT2D eigenvalue weighted by molar-refractivity contribution is 5.95. The van der Waals surface area contributed by atoms with Gasteiger partial charge in [0.15, 0.2) is 0 Å². The summed E-state index contributed by atoms with van der Waals surface area (Å²) in [4.78, 5) is 24.1. The molecule has 3 aromatic rings. The molecular formula is C19H19N3O3. The van der Waals surface area contributed by atoms with Crippen LogP contribution in [0, 0.1) is 0 Å². The first-order valence-corrected chi connectivity index (χ1v) is 7.99. The number of hydrogen-bond donors (Lipinski definition) is 2. The topological polar surface area (TPSA) is 76.3 Å². The zero-order chi connectivity index (χ0) is 17.5. The van der Waals surface area contributed by atoms with Crippen LogP contribution in [-0.4, -0.2) is 22.9 Å². The summed E-state index contributed by atoms with van der Waals surface area (Å²) < 4.78 is 6.99. The van der Waals surface area contributed by atoms with Crippen LogP contribution < -0.4 is 10.6 Å². The third-order valence-corrected chi connectivity index (χ3v) is 3.71. The van der Waals surface area contributed by atoms with Crippen molar-refractivity contribution in [1.29, 1.82) is 0 Å². The molecule has 6 nitrogen and oxygen atoms in total. The molecule has 0 atom stereocenters. The highest BCUT2D eigenvalue weighted by atomic mass is 16.3. The number of nitrogens with one attached hydrogen (secondary N) is 2. The third kappa shape index (κ3) is 4.60. The van der Waals surface area contributed by atoms with E-state index in [1.54, 1.807) is 24.5 Å². The van der Waals surface area contributed by atoms with E-state index >= 15 is 0 Å². The van der Waals surface area contributed by atoms with Gasteiger partial charge in [0.25, 0.3) is 5.91 Å². The number of amides is 2. The summed E-state index contributed by atoms with van der Waals surface area (Å²) in [6.45, 7) is 0.809. The first-order chi connectivity index (χ1) is 12.2. The molecule has 2 N–H and O–H groups in total. The molecule has 2 amide bonds. The predicted octanol–water partition coefficient (Wildman–Crippen LogP) is 2.18. The number of hydrogen-bond acceptors (Lipinski definition) is 3. The van der Waals surface area contributed by atoms with Gasteiger partial charge in [-0.3, -0.25) is 9.59 Å². The van der Waals surface area contributed by atoms with Crippen molar-refractivity contribution < 1.29 is 14.0 Å². The zero-order valence-electron chi connectivity index (χ0n) is 13.6. The second-order valence-electron chi connectivity index (χ2n) is 5.55. The fourth-order valence-corrected chi connectivity index (χ4v) is 2.45. The maximum atomic E-state index is 12.3. The van der Waals surface area contributed by atoms with Gasteiger partial charge in [0, 0.05) is 12.7 Å². The summed E-state index contributed by atoms with van der Waals surface area (Å²) in [6, 6.07) is 17.0. The fraction of sp³-hybridized carbons (Fsp3) is 0.158. The van der Waals surface area contributed by atoms with Gasteiger partial charge in [0.1, 0.15) is 11.5 Å². The van der Waals surface area contributed by atoms with Gasteiger partial charge in [-0.1, -0.05) is 30.3 Å². The Morgan fingerprint density at radius 1 is 0.960 bits per heavy atom. The van der Waals surface area contributed by atoms with E-state index in [4.69, 9.17) is 4.42 Å². The lowest BCUT2D eigenvalue weighted by Gasteiger charge is -2.10. The van der Waals surface area contributed by atoms with Crippen molar-refractivity contribution in [2.45, 2.75) is 13.1 Å². The molecule has 1 aromatic carbocycles. The van der Waals surface area contributed by atoms with Crippen LogP contribution in [0.15, 0.2) is 71.5 Å². The maximum absolute atomic E-state index is 12.3. The highest BCUT2D eigenvalue weighted by Crippen LogP contribution is 2.08. The lowest BCUT2D eigenvalue weighted by atomic mass is 10.2. The maximum Gasteiger partial charge on any atom is 0.268 e. The van der Waals surface area contributed by atoms with E-state index in [2.05, 4.69) is 10.6 Å². The van der Waals surface area contributed by atoms with Crippen LogP contribution in [0.1, 0.15) is 21.8 Å². The quantitative estimate of drug-likeness (QED) is 0.694. The van der Waals surface area contributed by atoms with Gasteiger partial charge in [0.05, 0.1) is 19.4 Å². The minimum Gasteiger partial charge on any atom is -0.467 e. The lowest BCUT2D eigenvalue weighted by Crippen LogP contribution is -2.37. The van der Waals surface area contributed by atoms with E-state index in [1.807, 2.05) is 47.2 Å². The summed E-state index contributed by atoms with van der Waals surface area (Å²) in [5, 5.41) is 5.32. The summed E-state index contributed by atoms with van der Waals surface area (Å²) in [5.41, 5.74) is 1.62. The molecule has 3 rings (SSSR count). The summed E-state index contributed by atoms with van der Waals surface area (Å²) in [6.07, 6.45) is 3.39. The molecule has 0 saturated carbocycles. The third-order valence-electron chi connectivity index (χ3n) is 3.71. The molecule has 0 aliphatic carbocycles. The molecule has 0 bridgehead atoms. The Morgan fingerprint density at radius 2 is 1.80 bits per heavy atom. The van der Waals surface area contributed by atoms with Crippen molar-refractivity contribution in [2.24, 2.45) is 0 Å². The van der Waals surface area contributed by atoms with Crippen LogP contribution in [0.25, 0.3) is 0 Å². The Hall–Kier alpha value is -3.28.